The minimum atomic E-state index is -4.41. The van der Waals surface area contributed by atoms with E-state index in [4.69, 9.17) is 11.6 Å². The molecule has 2 aliphatic rings. The Morgan fingerprint density at radius 1 is 1.16 bits per heavy atom. The third kappa shape index (κ3) is 4.50. The molecule has 2 aliphatic heterocycles. The van der Waals surface area contributed by atoms with E-state index < -0.39 is 11.7 Å². The Hall–Kier alpha value is -2.32. The minimum Gasteiger partial charge on any atom is -0.319 e. The van der Waals surface area contributed by atoms with Gasteiger partial charge >= 0.3 is 12.2 Å². The number of carbonyl (C=O) groups is 1. The molecule has 2 saturated heterocycles. The predicted molar refractivity (Wildman–Crippen MR) is 111 cm³/mol. The normalized spacial score (nSPS) is 22.1. The van der Waals surface area contributed by atoms with Gasteiger partial charge in [0.2, 0.25) is 0 Å². The van der Waals surface area contributed by atoms with Crippen LogP contribution in [0.25, 0.3) is 0 Å². The summed E-state index contributed by atoms with van der Waals surface area (Å²) in [6, 6.07) is 8.96. The molecule has 0 aromatic heterocycles. The van der Waals surface area contributed by atoms with Gasteiger partial charge in [0.05, 0.1) is 5.56 Å². The first-order chi connectivity index (χ1) is 14.6. The molecule has 0 radical (unpaired) electrons. The molecule has 1 N–H and O–H groups in total. The Labute approximate surface area is 182 Å². The Bertz CT molecular complexity index is 946. The number of nitrogens with one attached hydrogen (secondary N) is 1. The summed E-state index contributed by atoms with van der Waals surface area (Å²) in [7, 11) is 0. The number of carbonyl (C=O) groups excluding carboxylic acids is 1. The summed E-state index contributed by atoms with van der Waals surface area (Å²) >= 11 is 6.15. The van der Waals surface area contributed by atoms with Gasteiger partial charge in [0.15, 0.2) is 0 Å². The number of amides is 2. The third-order valence-electron chi connectivity index (χ3n) is 6.13. The maximum Gasteiger partial charge on any atom is 0.416 e. The molecule has 2 bridgehead atoms. The first-order valence-corrected chi connectivity index (χ1v) is 10.4. The van der Waals surface area contributed by atoms with Crippen LogP contribution in [0.5, 0.6) is 0 Å². The highest BCUT2D eigenvalue weighted by Crippen LogP contribution is 2.34. The molecule has 3 unspecified atom stereocenters. The van der Waals surface area contributed by atoms with Gasteiger partial charge in [-0.25, -0.2) is 9.18 Å². The molecule has 9 heteroatoms. The fraction of sp³-hybridized carbons (Fsp3) is 0.409. The van der Waals surface area contributed by atoms with Gasteiger partial charge in [0, 0.05) is 47.5 Å². The smallest absolute Gasteiger partial charge is 0.319 e. The zero-order valence-electron chi connectivity index (χ0n) is 16.8. The summed E-state index contributed by atoms with van der Waals surface area (Å²) in [5.41, 5.74) is 0.0573. The highest BCUT2D eigenvalue weighted by molar-refractivity contribution is 6.31. The minimum absolute atomic E-state index is 0.0120. The molecule has 2 aromatic carbocycles. The molecule has 2 heterocycles. The lowest BCUT2D eigenvalue weighted by molar-refractivity contribution is -0.137. The Morgan fingerprint density at radius 3 is 2.45 bits per heavy atom. The first kappa shape index (κ1) is 21.9. The summed E-state index contributed by atoms with van der Waals surface area (Å²) in [6.07, 6.45) is -3.12. The number of halogens is 5. The van der Waals surface area contributed by atoms with Gasteiger partial charge in [-0.2, -0.15) is 13.2 Å². The number of urea groups is 1. The van der Waals surface area contributed by atoms with E-state index in [1.165, 1.54) is 18.2 Å². The van der Waals surface area contributed by atoms with E-state index in [-0.39, 0.29) is 30.0 Å². The van der Waals surface area contributed by atoms with Crippen molar-refractivity contribution in [3.8, 4) is 0 Å². The van der Waals surface area contributed by atoms with Crippen LogP contribution in [0.1, 0.15) is 24.5 Å². The predicted octanol–water partition coefficient (Wildman–Crippen LogP) is 5.42. The number of alkyl halides is 3. The Morgan fingerprint density at radius 2 is 1.87 bits per heavy atom. The molecule has 0 spiro atoms. The molecular weight excluding hydrogens is 434 g/mol. The molecule has 2 aromatic rings. The number of fused-ring (bicyclic) bond motifs is 2. The largest absolute Gasteiger partial charge is 0.416 e. The molecular formula is C22H22ClF4N3O. The number of hydrogen-bond donors (Lipinski definition) is 1. The summed E-state index contributed by atoms with van der Waals surface area (Å²) in [6.45, 7) is 3.21. The number of nitrogens with zero attached hydrogens (tertiary/aromatic N) is 2. The van der Waals surface area contributed by atoms with Crippen molar-refractivity contribution in [3.63, 3.8) is 0 Å². The van der Waals surface area contributed by atoms with Gasteiger partial charge in [0.25, 0.3) is 0 Å². The number of likely N-dealkylation sites (tertiary alicyclic amines) is 2. The number of hydrogen-bond acceptors (Lipinski definition) is 2. The molecule has 4 rings (SSSR count). The highest BCUT2D eigenvalue weighted by Gasteiger charge is 2.46. The molecule has 2 amide bonds. The quantitative estimate of drug-likeness (QED) is 0.625. The van der Waals surface area contributed by atoms with E-state index in [9.17, 15) is 22.4 Å². The summed E-state index contributed by atoms with van der Waals surface area (Å²) in [4.78, 5) is 16.6. The standard InChI is InChI=1S/C22H22ClF4N3O/c1-13(9-18-19(23)3-2-4-20(18)24)29-11-17-10-16(29)12-30(17)21(31)28-15-7-5-14(6-8-15)22(25,26)27/h2-8,13,16-17H,9-12H2,1H3,(H,28,31). The van der Waals surface area contributed by atoms with Crippen molar-refractivity contribution < 1.29 is 22.4 Å². The molecule has 0 aliphatic carbocycles. The lowest BCUT2D eigenvalue weighted by Crippen LogP contribution is -2.52. The molecule has 3 atom stereocenters. The summed E-state index contributed by atoms with van der Waals surface area (Å²) in [5.74, 6) is -0.318. The first-order valence-electron chi connectivity index (χ1n) is 10.1. The fourth-order valence-corrected chi connectivity index (χ4v) is 4.80. The van der Waals surface area contributed by atoms with Crippen molar-refractivity contribution in [1.29, 1.82) is 0 Å². The zero-order chi connectivity index (χ0) is 22.3. The van der Waals surface area contributed by atoms with E-state index in [1.54, 1.807) is 17.0 Å². The Kier molecular flexibility index (Phi) is 5.87. The molecule has 2 fully saturated rings. The van der Waals surface area contributed by atoms with Gasteiger partial charge in [-0.05, 0) is 56.2 Å². The second-order valence-corrected chi connectivity index (χ2v) is 8.56. The number of anilines is 1. The fourth-order valence-electron chi connectivity index (χ4n) is 4.56. The van der Waals surface area contributed by atoms with Crippen LogP contribution in [-0.2, 0) is 12.6 Å². The van der Waals surface area contributed by atoms with Crippen LogP contribution in [0, 0.1) is 5.82 Å². The lowest BCUT2D eigenvalue weighted by atomic mass is 10.0. The van der Waals surface area contributed by atoms with Crippen molar-refractivity contribution in [2.24, 2.45) is 0 Å². The molecule has 4 nitrogen and oxygen atoms in total. The molecule has 0 saturated carbocycles. The van der Waals surface area contributed by atoms with Crippen molar-refractivity contribution in [2.75, 3.05) is 18.4 Å². The lowest BCUT2D eigenvalue weighted by Gasteiger charge is -2.37. The van der Waals surface area contributed by atoms with Gasteiger partial charge in [-0.1, -0.05) is 17.7 Å². The Balaban J connectivity index is 1.35. The number of piperazine rings is 1. The highest BCUT2D eigenvalue weighted by atomic mass is 35.5. The van der Waals surface area contributed by atoms with Crippen LogP contribution in [-0.4, -0.2) is 47.0 Å². The van der Waals surface area contributed by atoms with Crippen molar-refractivity contribution in [2.45, 2.75) is 44.1 Å². The molecule has 31 heavy (non-hydrogen) atoms. The van der Waals surface area contributed by atoms with Gasteiger partial charge < -0.3 is 10.2 Å². The van der Waals surface area contributed by atoms with E-state index in [2.05, 4.69) is 10.2 Å². The average Bonchev–Trinajstić information content (AvgIpc) is 3.31. The van der Waals surface area contributed by atoms with Gasteiger partial charge in [-0.15, -0.1) is 0 Å². The second kappa shape index (κ2) is 8.31. The van der Waals surface area contributed by atoms with Crippen LogP contribution in [0.4, 0.5) is 28.0 Å². The van der Waals surface area contributed by atoms with Gasteiger partial charge in [0.1, 0.15) is 5.82 Å². The van der Waals surface area contributed by atoms with Crippen LogP contribution in [0.2, 0.25) is 5.02 Å². The number of benzene rings is 2. The summed E-state index contributed by atoms with van der Waals surface area (Å²) < 4.78 is 52.2. The van der Waals surface area contributed by atoms with Crippen LogP contribution in [0.15, 0.2) is 42.5 Å². The second-order valence-electron chi connectivity index (χ2n) is 8.15. The van der Waals surface area contributed by atoms with E-state index >= 15 is 0 Å². The third-order valence-corrected chi connectivity index (χ3v) is 6.49. The summed E-state index contributed by atoms with van der Waals surface area (Å²) in [5, 5.41) is 3.09. The van der Waals surface area contributed by atoms with Crippen molar-refractivity contribution in [1.82, 2.24) is 9.80 Å². The van der Waals surface area contributed by atoms with E-state index in [1.807, 2.05) is 6.92 Å². The van der Waals surface area contributed by atoms with Crippen LogP contribution < -0.4 is 5.32 Å². The number of rotatable bonds is 4. The monoisotopic (exact) mass is 455 g/mol. The van der Waals surface area contributed by atoms with E-state index in [0.717, 1.165) is 18.6 Å². The average molecular weight is 456 g/mol. The van der Waals surface area contributed by atoms with Crippen molar-refractivity contribution in [3.05, 3.63) is 64.4 Å². The van der Waals surface area contributed by atoms with Gasteiger partial charge in [-0.3, -0.25) is 4.90 Å². The van der Waals surface area contributed by atoms with E-state index in [0.29, 0.717) is 35.8 Å². The van der Waals surface area contributed by atoms with Crippen LogP contribution >= 0.6 is 11.6 Å². The zero-order valence-corrected chi connectivity index (χ0v) is 17.6. The molecule has 166 valence electrons. The van der Waals surface area contributed by atoms with Crippen LogP contribution in [0.3, 0.4) is 0 Å². The topological polar surface area (TPSA) is 35.6 Å². The maximum atomic E-state index is 14.1. The van der Waals surface area contributed by atoms with Crippen molar-refractivity contribution >= 4 is 23.3 Å². The SMILES string of the molecule is CC(Cc1c(F)cccc1Cl)N1CC2CC1CN2C(=O)Nc1ccc(C(F)(F)F)cc1. The maximum absolute atomic E-state index is 14.1.